The molecule has 6 heterocycles. The third-order valence-corrected chi connectivity index (χ3v) is 8.06. The van der Waals surface area contributed by atoms with Crippen molar-refractivity contribution in [3.05, 3.63) is 67.0 Å². The van der Waals surface area contributed by atoms with E-state index in [-0.39, 0.29) is 5.91 Å². The minimum Gasteiger partial charge on any atom is -0.492 e. The second kappa shape index (κ2) is 11.9. The van der Waals surface area contributed by atoms with Gasteiger partial charge in [-0.1, -0.05) is 20.8 Å². The minimum absolute atomic E-state index is 0.106. The van der Waals surface area contributed by atoms with Crippen LogP contribution in [0.3, 0.4) is 0 Å². The predicted molar refractivity (Wildman–Crippen MR) is 175 cm³/mol. The van der Waals surface area contributed by atoms with Gasteiger partial charge in [-0.25, -0.2) is 14.4 Å². The molecule has 0 radical (unpaired) electrons. The number of halogens is 1. The lowest BCUT2D eigenvalue weighted by atomic mass is 9.95. The molecule has 0 spiro atoms. The lowest BCUT2D eigenvalue weighted by molar-refractivity contribution is -0.123. The summed E-state index contributed by atoms with van der Waals surface area (Å²) in [6.07, 6.45) is 9.08. The third kappa shape index (κ3) is 6.03. The fourth-order valence-electron chi connectivity index (χ4n) is 5.55. The maximum atomic E-state index is 14.8. The Labute approximate surface area is 264 Å². The van der Waals surface area contributed by atoms with E-state index in [2.05, 4.69) is 35.4 Å². The molecule has 234 valence electrons. The molecular formula is C34H34FN9O2. The third-order valence-electron chi connectivity index (χ3n) is 8.06. The average molecular weight is 620 g/mol. The van der Waals surface area contributed by atoms with Crippen molar-refractivity contribution >= 4 is 33.7 Å². The molecule has 1 amide bonds. The van der Waals surface area contributed by atoms with E-state index in [0.717, 1.165) is 30.7 Å². The largest absolute Gasteiger partial charge is 0.492 e. The first-order valence-corrected chi connectivity index (χ1v) is 15.3. The van der Waals surface area contributed by atoms with Crippen molar-refractivity contribution in [3.8, 4) is 39.7 Å². The molecule has 0 atom stereocenters. The number of likely N-dealkylation sites (tertiary alicyclic amines) is 1. The van der Waals surface area contributed by atoms with Crippen LogP contribution in [0.4, 0.5) is 10.1 Å². The molecule has 1 fully saturated rings. The van der Waals surface area contributed by atoms with Gasteiger partial charge in [-0.05, 0) is 61.8 Å². The molecule has 0 aliphatic carbocycles. The van der Waals surface area contributed by atoms with Crippen LogP contribution >= 0.6 is 0 Å². The molecule has 6 aromatic rings. The molecular weight excluding hydrogens is 585 g/mol. The summed E-state index contributed by atoms with van der Waals surface area (Å²) in [5, 5.41) is 10.5. The number of nitrogens with zero attached hydrogens (tertiary/aromatic N) is 6. The minimum atomic E-state index is -0.543. The summed E-state index contributed by atoms with van der Waals surface area (Å²) in [4.78, 5) is 36.7. The van der Waals surface area contributed by atoms with Crippen LogP contribution in [0.25, 0.3) is 56.0 Å². The molecule has 3 N–H and O–H groups in total. The summed E-state index contributed by atoms with van der Waals surface area (Å²) in [6, 6.07) is 10.3. The number of H-pyrrole nitrogens is 2. The van der Waals surface area contributed by atoms with Crippen LogP contribution in [0, 0.1) is 11.2 Å². The van der Waals surface area contributed by atoms with E-state index in [1.807, 2.05) is 45.0 Å². The SMILES string of the molecule is CC(C)(C)C(=O)Nc1cncc(-c2ccc3[nH]nc(-c4nc5c(-c6cc(F)cc(OCCN7CCCC7)c6)cncc5[nH]4)c3n2)c1. The maximum absolute atomic E-state index is 14.8. The number of hydrogen-bond acceptors (Lipinski definition) is 8. The summed E-state index contributed by atoms with van der Waals surface area (Å²) in [5.41, 5.74) is 5.87. The monoisotopic (exact) mass is 619 g/mol. The Hall–Kier alpha value is -5.23. The van der Waals surface area contributed by atoms with Gasteiger partial charge in [0.2, 0.25) is 5.91 Å². The van der Waals surface area contributed by atoms with Gasteiger partial charge < -0.3 is 15.0 Å². The summed E-state index contributed by atoms with van der Waals surface area (Å²) in [5.74, 6) is 0.453. The van der Waals surface area contributed by atoms with Gasteiger partial charge in [0.05, 0.1) is 40.3 Å². The van der Waals surface area contributed by atoms with Crippen LogP contribution in [0.5, 0.6) is 5.75 Å². The zero-order valence-corrected chi connectivity index (χ0v) is 25.9. The highest BCUT2D eigenvalue weighted by Crippen LogP contribution is 2.33. The van der Waals surface area contributed by atoms with E-state index in [4.69, 9.17) is 14.7 Å². The Morgan fingerprint density at radius 1 is 0.957 bits per heavy atom. The van der Waals surface area contributed by atoms with Gasteiger partial charge in [-0.15, -0.1) is 0 Å². The number of amides is 1. The van der Waals surface area contributed by atoms with Gasteiger partial charge in [0.1, 0.15) is 23.7 Å². The standard InChI is InChI=1S/C34H34FN9O2/c1-34(2,3)33(45)38-23-13-21(16-36-17-23)26-6-7-27-30(39-26)31(43-42-27)32-40-28-19-37-18-25(29(28)41-32)20-12-22(35)15-24(14-20)46-11-10-44-8-4-5-9-44/h6-7,12-19H,4-5,8-11H2,1-3H3,(H,38,45)(H,40,41)(H,42,43). The highest BCUT2D eigenvalue weighted by atomic mass is 19.1. The normalized spacial score (nSPS) is 13.9. The van der Waals surface area contributed by atoms with E-state index in [1.54, 1.807) is 24.8 Å². The summed E-state index contributed by atoms with van der Waals surface area (Å²) < 4.78 is 20.7. The van der Waals surface area contributed by atoms with Crippen LogP contribution < -0.4 is 10.1 Å². The first-order chi connectivity index (χ1) is 22.2. The van der Waals surface area contributed by atoms with Gasteiger partial charge in [-0.2, -0.15) is 5.10 Å². The number of rotatable bonds is 8. The molecule has 1 saturated heterocycles. The summed E-state index contributed by atoms with van der Waals surface area (Å²) in [7, 11) is 0. The lowest BCUT2D eigenvalue weighted by Crippen LogP contribution is -2.27. The molecule has 1 aromatic carbocycles. The van der Waals surface area contributed by atoms with Crippen molar-refractivity contribution in [3.63, 3.8) is 0 Å². The van der Waals surface area contributed by atoms with Crippen molar-refractivity contribution in [2.75, 3.05) is 31.6 Å². The number of carbonyl (C=O) groups is 1. The predicted octanol–water partition coefficient (Wildman–Crippen LogP) is 6.22. The number of carbonyl (C=O) groups excluding carboxylic acids is 1. The molecule has 1 aliphatic rings. The number of nitrogens with one attached hydrogen (secondary N) is 3. The van der Waals surface area contributed by atoms with Crippen molar-refractivity contribution < 1.29 is 13.9 Å². The van der Waals surface area contributed by atoms with Crippen LogP contribution in [0.1, 0.15) is 33.6 Å². The number of imidazole rings is 1. The molecule has 0 saturated carbocycles. The van der Waals surface area contributed by atoms with Crippen molar-refractivity contribution in [2.24, 2.45) is 5.41 Å². The Kier molecular flexibility index (Phi) is 7.65. The molecule has 46 heavy (non-hydrogen) atoms. The molecule has 5 aromatic heterocycles. The van der Waals surface area contributed by atoms with E-state index in [0.29, 0.717) is 62.9 Å². The molecule has 11 nitrogen and oxygen atoms in total. The molecule has 0 bridgehead atoms. The zero-order chi connectivity index (χ0) is 31.8. The Balaban J connectivity index is 1.19. The quantitative estimate of drug-likeness (QED) is 0.183. The number of anilines is 1. The maximum Gasteiger partial charge on any atom is 0.229 e. The number of hydrogen-bond donors (Lipinski definition) is 3. The van der Waals surface area contributed by atoms with Gasteiger partial charge in [0.25, 0.3) is 0 Å². The molecule has 0 unspecified atom stereocenters. The fourth-order valence-corrected chi connectivity index (χ4v) is 5.55. The number of pyridine rings is 3. The van der Waals surface area contributed by atoms with Crippen LogP contribution in [0.2, 0.25) is 0 Å². The van der Waals surface area contributed by atoms with E-state index < -0.39 is 11.2 Å². The first-order valence-electron chi connectivity index (χ1n) is 15.3. The molecule has 1 aliphatic heterocycles. The highest BCUT2D eigenvalue weighted by molar-refractivity contribution is 5.97. The van der Waals surface area contributed by atoms with Gasteiger partial charge in [0.15, 0.2) is 11.5 Å². The van der Waals surface area contributed by atoms with E-state index in [1.165, 1.54) is 25.0 Å². The number of fused-ring (bicyclic) bond motifs is 2. The Morgan fingerprint density at radius 3 is 2.61 bits per heavy atom. The van der Waals surface area contributed by atoms with Crippen LogP contribution in [-0.2, 0) is 4.79 Å². The van der Waals surface area contributed by atoms with Crippen molar-refractivity contribution in [2.45, 2.75) is 33.6 Å². The number of aromatic nitrogens is 7. The van der Waals surface area contributed by atoms with Crippen LogP contribution in [0.15, 0.2) is 61.2 Å². The molecule has 12 heteroatoms. The Morgan fingerprint density at radius 2 is 1.78 bits per heavy atom. The smallest absolute Gasteiger partial charge is 0.229 e. The molecule has 7 rings (SSSR count). The number of ether oxygens (including phenoxy) is 1. The highest BCUT2D eigenvalue weighted by Gasteiger charge is 2.22. The fraction of sp³-hybridized carbons (Fsp3) is 0.294. The number of benzene rings is 1. The van der Waals surface area contributed by atoms with Crippen LogP contribution in [-0.4, -0.2) is 72.2 Å². The van der Waals surface area contributed by atoms with E-state index >= 15 is 0 Å². The summed E-state index contributed by atoms with van der Waals surface area (Å²) in [6.45, 7) is 9.03. The first kappa shape index (κ1) is 29.5. The van der Waals surface area contributed by atoms with Crippen molar-refractivity contribution in [1.29, 1.82) is 0 Å². The average Bonchev–Trinajstić information content (AvgIpc) is 3.80. The lowest BCUT2D eigenvalue weighted by Gasteiger charge is -2.17. The number of aromatic amines is 2. The van der Waals surface area contributed by atoms with Gasteiger partial charge in [-0.3, -0.25) is 24.8 Å². The van der Waals surface area contributed by atoms with E-state index in [9.17, 15) is 9.18 Å². The van der Waals surface area contributed by atoms with Gasteiger partial charge in [0, 0.05) is 41.5 Å². The second-order valence-electron chi connectivity index (χ2n) is 12.6. The second-order valence-corrected chi connectivity index (χ2v) is 12.6. The topological polar surface area (TPSA) is 138 Å². The Bertz CT molecular complexity index is 2060. The van der Waals surface area contributed by atoms with Gasteiger partial charge >= 0.3 is 0 Å². The summed E-state index contributed by atoms with van der Waals surface area (Å²) >= 11 is 0. The zero-order valence-electron chi connectivity index (χ0n) is 25.9. The van der Waals surface area contributed by atoms with Crippen molar-refractivity contribution in [1.82, 2.24) is 40.0 Å².